The van der Waals surface area contributed by atoms with Gasteiger partial charge in [0.2, 0.25) is 11.8 Å². The average molecular weight is 287 g/mol. The van der Waals surface area contributed by atoms with Crippen LogP contribution >= 0.6 is 22.9 Å². The van der Waals surface area contributed by atoms with Crippen LogP contribution in [0.4, 0.5) is 0 Å². The van der Waals surface area contributed by atoms with E-state index >= 15 is 0 Å². The van der Waals surface area contributed by atoms with Crippen molar-refractivity contribution in [2.45, 2.75) is 19.4 Å². The highest BCUT2D eigenvalue weighted by molar-refractivity contribution is 7.16. The monoisotopic (exact) mass is 286 g/mol. The van der Waals surface area contributed by atoms with Crippen LogP contribution in [0.5, 0.6) is 0 Å². The van der Waals surface area contributed by atoms with Gasteiger partial charge in [-0.3, -0.25) is 9.59 Å². The SMILES string of the molecule is CN(Cc1ccc(Cl)s1)C(=O)C1CCC(=O)NC1. The molecule has 1 N–H and O–H groups in total. The second-order valence-corrected chi connectivity index (χ2v) is 6.24. The number of piperidine rings is 1. The quantitative estimate of drug-likeness (QED) is 0.922. The van der Waals surface area contributed by atoms with Gasteiger partial charge < -0.3 is 10.2 Å². The molecule has 0 bridgehead atoms. The number of amides is 2. The van der Waals surface area contributed by atoms with Crippen LogP contribution < -0.4 is 5.32 Å². The summed E-state index contributed by atoms with van der Waals surface area (Å²) < 4.78 is 0.732. The zero-order valence-electron chi connectivity index (χ0n) is 10.1. The number of nitrogens with zero attached hydrogens (tertiary/aromatic N) is 1. The van der Waals surface area contributed by atoms with Crippen LogP contribution in [0.1, 0.15) is 17.7 Å². The minimum Gasteiger partial charge on any atom is -0.355 e. The molecule has 2 amide bonds. The Labute approximate surface area is 115 Å². The fraction of sp³-hybridized carbons (Fsp3) is 0.500. The molecule has 1 aromatic heterocycles. The second-order valence-electron chi connectivity index (χ2n) is 4.44. The summed E-state index contributed by atoms with van der Waals surface area (Å²) in [6.07, 6.45) is 1.08. The molecule has 0 aromatic carbocycles. The van der Waals surface area contributed by atoms with Gasteiger partial charge >= 0.3 is 0 Å². The van der Waals surface area contributed by atoms with Crippen LogP contribution in [0.25, 0.3) is 0 Å². The summed E-state index contributed by atoms with van der Waals surface area (Å²) in [4.78, 5) is 26.0. The number of hydrogen-bond acceptors (Lipinski definition) is 3. The van der Waals surface area contributed by atoms with Gasteiger partial charge in [-0.25, -0.2) is 0 Å². The molecule has 1 atom stereocenters. The molecule has 2 rings (SSSR count). The maximum atomic E-state index is 12.2. The van der Waals surface area contributed by atoms with Gasteiger partial charge in [0.25, 0.3) is 0 Å². The first-order valence-electron chi connectivity index (χ1n) is 5.82. The maximum Gasteiger partial charge on any atom is 0.227 e. The van der Waals surface area contributed by atoms with E-state index in [-0.39, 0.29) is 17.7 Å². The number of carbonyl (C=O) groups excluding carboxylic acids is 2. The van der Waals surface area contributed by atoms with Gasteiger partial charge in [-0.15, -0.1) is 11.3 Å². The molecule has 0 aliphatic carbocycles. The Morgan fingerprint density at radius 3 is 2.94 bits per heavy atom. The zero-order chi connectivity index (χ0) is 13.1. The number of halogens is 1. The predicted molar refractivity (Wildman–Crippen MR) is 71.5 cm³/mol. The third kappa shape index (κ3) is 3.23. The van der Waals surface area contributed by atoms with Crippen molar-refractivity contribution in [1.82, 2.24) is 10.2 Å². The molecule has 1 aliphatic rings. The molecule has 0 saturated carbocycles. The Kier molecular flexibility index (Phi) is 4.24. The van der Waals surface area contributed by atoms with E-state index in [2.05, 4.69) is 5.32 Å². The molecule has 6 heteroatoms. The summed E-state index contributed by atoms with van der Waals surface area (Å²) in [6, 6.07) is 3.76. The van der Waals surface area contributed by atoms with Crippen LogP contribution in [0.15, 0.2) is 12.1 Å². The van der Waals surface area contributed by atoms with Crippen LogP contribution in [0, 0.1) is 5.92 Å². The number of rotatable bonds is 3. The van der Waals surface area contributed by atoms with Crippen LogP contribution in [0.3, 0.4) is 0 Å². The molecule has 0 spiro atoms. The largest absolute Gasteiger partial charge is 0.355 e. The van der Waals surface area contributed by atoms with Crippen molar-refractivity contribution in [3.8, 4) is 0 Å². The summed E-state index contributed by atoms with van der Waals surface area (Å²) in [5.41, 5.74) is 0. The first kappa shape index (κ1) is 13.4. The highest BCUT2D eigenvalue weighted by Gasteiger charge is 2.26. The molecule has 98 valence electrons. The Balaban J connectivity index is 1.90. The van der Waals surface area contributed by atoms with Gasteiger partial charge in [0.05, 0.1) is 16.8 Å². The van der Waals surface area contributed by atoms with E-state index < -0.39 is 0 Å². The topological polar surface area (TPSA) is 49.4 Å². The lowest BCUT2D eigenvalue weighted by Gasteiger charge is -2.26. The Hall–Kier alpha value is -1.07. The summed E-state index contributed by atoms with van der Waals surface area (Å²) in [6.45, 7) is 1.02. The van der Waals surface area contributed by atoms with Crippen LogP contribution in [-0.2, 0) is 16.1 Å². The lowest BCUT2D eigenvalue weighted by Crippen LogP contribution is -2.43. The summed E-state index contributed by atoms with van der Waals surface area (Å²) in [5, 5.41) is 2.73. The summed E-state index contributed by atoms with van der Waals surface area (Å²) >= 11 is 7.34. The van der Waals surface area contributed by atoms with Crippen LogP contribution in [-0.4, -0.2) is 30.3 Å². The van der Waals surface area contributed by atoms with E-state index in [0.29, 0.717) is 25.9 Å². The number of nitrogens with one attached hydrogen (secondary N) is 1. The van der Waals surface area contributed by atoms with Crippen molar-refractivity contribution in [3.05, 3.63) is 21.3 Å². The summed E-state index contributed by atoms with van der Waals surface area (Å²) in [7, 11) is 1.78. The minimum absolute atomic E-state index is 0.0340. The Morgan fingerprint density at radius 1 is 1.61 bits per heavy atom. The van der Waals surface area contributed by atoms with Crippen molar-refractivity contribution in [3.63, 3.8) is 0 Å². The molecular weight excluding hydrogens is 272 g/mol. The molecule has 1 fully saturated rings. The van der Waals surface area contributed by atoms with Crippen molar-refractivity contribution in [1.29, 1.82) is 0 Å². The van der Waals surface area contributed by atoms with Crippen molar-refractivity contribution in [2.75, 3.05) is 13.6 Å². The van der Waals surface area contributed by atoms with E-state index in [0.717, 1.165) is 9.21 Å². The van der Waals surface area contributed by atoms with Gasteiger partial charge in [-0.05, 0) is 18.6 Å². The lowest BCUT2D eigenvalue weighted by atomic mass is 9.98. The highest BCUT2D eigenvalue weighted by Crippen LogP contribution is 2.23. The fourth-order valence-electron chi connectivity index (χ4n) is 2.00. The molecular formula is C12H15ClN2O2S. The molecule has 1 unspecified atom stereocenters. The Bertz CT molecular complexity index is 451. The van der Waals surface area contributed by atoms with E-state index in [1.165, 1.54) is 11.3 Å². The van der Waals surface area contributed by atoms with Crippen molar-refractivity contribution >= 4 is 34.8 Å². The van der Waals surface area contributed by atoms with Crippen molar-refractivity contribution in [2.24, 2.45) is 5.92 Å². The third-order valence-electron chi connectivity index (χ3n) is 3.01. The van der Waals surface area contributed by atoms with E-state index in [9.17, 15) is 9.59 Å². The first-order valence-corrected chi connectivity index (χ1v) is 7.01. The van der Waals surface area contributed by atoms with Gasteiger partial charge in [0.1, 0.15) is 0 Å². The van der Waals surface area contributed by atoms with E-state index in [1.807, 2.05) is 12.1 Å². The van der Waals surface area contributed by atoms with Crippen LogP contribution in [0.2, 0.25) is 4.34 Å². The average Bonchev–Trinajstić information content (AvgIpc) is 2.75. The van der Waals surface area contributed by atoms with Gasteiger partial charge in [-0.2, -0.15) is 0 Å². The smallest absolute Gasteiger partial charge is 0.227 e. The normalized spacial score (nSPS) is 19.4. The molecule has 1 aromatic rings. The number of hydrogen-bond donors (Lipinski definition) is 1. The zero-order valence-corrected chi connectivity index (χ0v) is 11.7. The standard InChI is InChI=1S/C12H15ClN2O2S/c1-15(7-9-3-4-10(13)18-9)12(17)8-2-5-11(16)14-6-8/h3-4,8H,2,5-7H2,1H3,(H,14,16). The number of thiophene rings is 1. The van der Waals surface area contributed by atoms with E-state index in [4.69, 9.17) is 11.6 Å². The van der Waals surface area contributed by atoms with E-state index in [1.54, 1.807) is 11.9 Å². The van der Waals surface area contributed by atoms with Gasteiger partial charge in [0, 0.05) is 24.9 Å². The van der Waals surface area contributed by atoms with Gasteiger partial charge in [0.15, 0.2) is 0 Å². The lowest BCUT2D eigenvalue weighted by molar-refractivity contribution is -0.136. The van der Waals surface area contributed by atoms with Crippen molar-refractivity contribution < 1.29 is 9.59 Å². The fourth-order valence-corrected chi connectivity index (χ4v) is 3.14. The summed E-state index contributed by atoms with van der Waals surface area (Å²) in [5.74, 6) is 0.0226. The molecule has 1 saturated heterocycles. The molecule has 4 nitrogen and oxygen atoms in total. The maximum absolute atomic E-state index is 12.2. The Morgan fingerprint density at radius 2 is 2.39 bits per heavy atom. The molecule has 0 radical (unpaired) electrons. The highest BCUT2D eigenvalue weighted by atomic mass is 35.5. The molecule has 2 heterocycles. The molecule has 1 aliphatic heterocycles. The second kappa shape index (κ2) is 5.71. The first-order chi connectivity index (χ1) is 8.56. The third-order valence-corrected chi connectivity index (χ3v) is 4.23. The molecule has 18 heavy (non-hydrogen) atoms. The predicted octanol–water partition coefficient (Wildman–Crippen LogP) is 1.89. The minimum atomic E-state index is -0.0943. The number of carbonyl (C=O) groups is 2. The van der Waals surface area contributed by atoms with Gasteiger partial charge in [-0.1, -0.05) is 11.6 Å².